The zero-order valence-electron chi connectivity index (χ0n) is 14.8. The van der Waals surface area contributed by atoms with E-state index < -0.39 is 5.97 Å². The summed E-state index contributed by atoms with van der Waals surface area (Å²) in [5, 5.41) is 12.1. The molecule has 0 N–H and O–H groups in total. The number of esters is 1. The van der Waals surface area contributed by atoms with Crippen LogP contribution in [-0.2, 0) is 4.74 Å². The Kier molecular flexibility index (Phi) is 5.64. The number of benzene rings is 2. The number of allylic oxidation sites excluding steroid dienone is 1. The highest BCUT2D eigenvalue weighted by Gasteiger charge is 2.10. The maximum Gasteiger partial charge on any atom is 0.337 e. The van der Waals surface area contributed by atoms with Gasteiger partial charge in [0.2, 0.25) is 0 Å². The monoisotopic (exact) mass is 376 g/mol. The van der Waals surface area contributed by atoms with Crippen molar-refractivity contribution in [1.29, 1.82) is 5.26 Å². The second-order valence-electron chi connectivity index (χ2n) is 5.55. The van der Waals surface area contributed by atoms with Crippen LogP contribution in [-0.4, -0.2) is 25.2 Å². The standard InChI is InChI=1S/C21H16N2O3S/c1-25-18-5-3-4-16(11-18)19-13-27-20(23-19)17(12-22)10-14-6-8-15(9-7-14)21(24)26-2/h3-11,13H,1-2H3. The van der Waals surface area contributed by atoms with Crippen LogP contribution in [0.2, 0.25) is 0 Å². The van der Waals surface area contributed by atoms with Gasteiger partial charge in [-0.25, -0.2) is 9.78 Å². The Morgan fingerprint density at radius 1 is 1.19 bits per heavy atom. The van der Waals surface area contributed by atoms with Crippen molar-refractivity contribution in [1.82, 2.24) is 4.98 Å². The third-order valence-electron chi connectivity index (χ3n) is 3.86. The summed E-state index contributed by atoms with van der Waals surface area (Å²) in [5.74, 6) is 0.359. The van der Waals surface area contributed by atoms with Gasteiger partial charge in [-0.05, 0) is 35.9 Å². The molecule has 0 unspecified atom stereocenters. The van der Waals surface area contributed by atoms with Crippen LogP contribution in [0, 0.1) is 11.3 Å². The number of rotatable bonds is 5. The Balaban J connectivity index is 1.88. The van der Waals surface area contributed by atoms with Crippen molar-refractivity contribution in [2.24, 2.45) is 0 Å². The van der Waals surface area contributed by atoms with Crippen LogP contribution in [0.3, 0.4) is 0 Å². The van der Waals surface area contributed by atoms with Crippen LogP contribution in [0.1, 0.15) is 20.9 Å². The highest BCUT2D eigenvalue weighted by molar-refractivity contribution is 7.11. The molecule has 6 heteroatoms. The summed E-state index contributed by atoms with van der Waals surface area (Å²) in [6, 6.07) is 16.7. The average Bonchev–Trinajstić information content (AvgIpc) is 3.22. The molecule has 0 atom stereocenters. The van der Waals surface area contributed by atoms with Crippen LogP contribution in [0.4, 0.5) is 0 Å². The van der Waals surface area contributed by atoms with E-state index in [1.807, 2.05) is 29.6 Å². The van der Waals surface area contributed by atoms with Crippen LogP contribution in [0.25, 0.3) is 22.9 Å². The van der Waals surface area contributed by atoms with E-state index in [-0.39, 0.29) is 0 Å². The van der Waals surface area contributed by atoms with E-state index in [9.17, 15) is 10.1 Å². The molecule has 0 aliphatic carbocycles. The first-order chi connectivity index (χ1) is 13.1. The van der Waals surface area contributed by atoms with Gasteiger partial charge in [0, 0.05) is 10.9 Å². The number of nitriles is 1. The summed E-state index contributed by atoms with van der Waals surface area (Å²) in [6.45, 7) is 0. The van der Waals surface area contributed by atoms with Gasteiger partial charge < -0.3 is 9.47 Å². The number of hydrogen-bond acceptors (Lipinski definition) is 6. The first-order valence-corrected chi connectivity index (χ1v) is 8.93. The lowest BCUT2D eigenvalue weighted by molar-refractivity contribution is 0.0600. The number of thiazole rings is 1. The SMILES string of the molecule is COC(=O)c1ccc(C=C(C#N)c2nc(-c3cccc(OC)c3)cs2)cc1. The van der Waals surface area contributed by atoms with E-state index in [4.69, 9.17) is 4.74 Å². The maximum absolute atomic E-state index is 11.5. The van der Waals surface area contributed by atoms with Gasteiger partial charge in [-0.1, -0.05) is 24.3 Å². The zero-order chi connectivity index (χ0) is 19.2. The van der Waals surface area contributed by atoms with E-state index >= 15 is 0 Å². The number of methoxy groups -OCH3 is 2. The fraction of sp³-hybridized carbons (Fsp3) is 0.0952. The molecule has 0 spiro atoms. The quantitative estimate of drug-likeness (QED) is 0.478. The minimum Gasteiger partial charge on any atom is -0.497 e. The Bertz CT molecular complexity index is 1030. The first-order valence-electron chi connectivity index (χ1n) is 8.05. The molecule has 0 bridgehead atoms. The Labute approximate surface area is 161 Å². The third kappa shape index (κ3) is 4.22. The zero-order valence-corrected chi connectivity index (χ0v) is 15.6. The van der Waals surface area contributed by atoms with Crippen molar-refractivity contribution >= 4 is 29.0 Å². The summed E-state index contributed by atoms with van der Waals surface area (Å²) in [7, 11) is 2.96. The van der Waals surface area contributed by atoms with Crippen LogP contribution < -0.4 is 4.74 Å². The van der Waals surface area contributed by atoms with Gasteiger partial charge in [0.05, 0.1) is 31.1 Å². The molecule has 0 saturated carbocycles. The number of aromatic nitrogens is 1. The van der Waals surface area contributed by atoms with Crippen LogP contribution >= 0.6 is 11.3 Å². The van der Waals surface area contributed by atoms with E-state index in [1.54, 1.807) is 37.5 Å². The first kappa shape index (κ1) is 18.4. The minimum absolute atomic E-state index is 0.395. The van der Waals surface area contributed by atoms with Crippen molar-refractivity contribution in [2.75, 3.05) is 14.2 Å². The predicted octanol–water partition coefficient (Wildman–Crippen LogP) is 4.67. The lowest BCUT2D eigenvalue weighted by Gasteiger charge is -2.01. The van der Waals surface area contributed by atoms with E-state index in [0.717, 1.165) is 22.6 Å². The predicted molar refractivity (Wildman–Crippen MR) is 105 cm³/mol. The Morgan fingerprint density at radius 2 is 1.96 bits per heavy atom. The van der Waals surface area contributed by atoms with Crippen LogP contribution in [0.5, 0.6) is 5.75 Å². The molecule has 0 amide bonds. The van der Waals surface area contributed by atoms with Crippen molar-refractivity contribution in [3.05, 3.63) is 70.0 Å². The minimum atomic E-state index is -0.395. The molecular weight excluding hydrogens is 360 g/mol. The molecule has 5 nitrogen and oxygen atoms in total. The van der Waals surface area contributed by atoms with Gasteiger partial charge in [0.1, 0.15) is 16.8 Å². The molecule has 134 valence electrons. The number of carbonyl (C=O) groups excluding carboxylic acids is 1. The largest absolute Gasteiger partial charge is 0.497 e. The molecule has 0 aliphatic rings. The molecule has 1 aromatic heterocycles. The second kappa shape index (κ2) is 8.30. The molecule has 0 saturated heterocycles. The van der Waals surface area contributed by atoms with Crippen molar-refractivity contribution in [3.63, 3.8) is 0 Å². The summed E-state index contributed by atoms with van der Waals surface area (Å²) in [6.07, 6.45) is 1.75. The van der Waals surface area contributed by atoms with E-state index in [1.165, 1.54) is 18.4 Å². The Morgan fingerprint density at radius 3 is 2.63 bits per heavy atom. The summed E-state index contributed by atoms with van der Waals surface area (Å²) in [4.78, 5) is 16.1. The molecule has 0 aliphatic heterocycles. The molecule has 3 aromatic rings. The Hall–Kier alpha value is -3.43. The lowest BCUT2D eigenvalue weighted by Crippen LogP contribution is -2.00. The number of nitrogens with zero attached hydrogens (tertiary/aromatic N) is 2. The van der Waals surface area contributed by atoms with Gasteiger partial charge in [-0.3, -0.25) is 0 Å². The molecule has 0 fully saturated rings. The van der Waals surface area contributed by atoms with E-state index in [0.29, 0.717) is 16.1 Å². The van der Waals surface area contributed by atoms with Gasteiger partial charge in [-0.15, -0.1) is 11.3 Å². The van der Waals surface area contributed by atoms with Crippen molar-refractivity contribution in [3.8, 4) is 23.1 Å². The third-order valence-corrected chi connectivity index (χ3v) is 4.74. The van der Waals surface area contributed by atoms with Gasteiger partial charge >= 0.3 is 5.97 Å². The normalized spacial score (nSPS) is 10.9. The molecule has 27 heavy (non-hydrogen) atoms. The fourth-order valence-electron chi connectivity index (χ4n) is 2.45. The number of ether oxygens (including phenoxy) is 2. The van der Waals surface area contributed by atoms with Crippen LogP contribution in [0.15, 0.2) is 53.9 Å². The second-order valence-corrected chi connectivity index (χ2v) is 6.41. The fourth-order valence-corrected chi connectivity index (χ4v) is 3.25. The molecule has 2 aromatic carbocycles. The highest BCUT2D eigenvalue weighted by atomic mass is 32.1. The van der Waals surface area contributed by atoms with Gasteiger partial charge in [-0.2, -0.15) is 5.26 Å². The van der Waals surface area contributed by atoms with E-state index in [2.05, 4.69) is 15.8 Å². The van der Waals surface area contributed by atoms with Crippen molar-refractivity contribution in [2.45, 2.75) is 0 Å². The van der Waals surface area contributed by atoms with Gasteiger partial charge in [0.15, 0.2) is 0 Å². The molecule has 0 radical (unpaired) electrons. The molecular formula is C21H16N2O3S. The number of hydrogen-bond donors (Lipinski definition) is 0. The summed E-state index contributed by atoms with van der Waals surface area (Å²) < 4.78 is 9.93. The van der Waals surface area contributed by atoms with Gasteiger partial charge in [0.25, 0.3) is 0 Å². The smallest absolute Gasteiger partial charge is 0.337 e. The number of carbonyl (C=O) groups is 1. The summed E-state index contributed by atoms with van der Waals surface area (Å²) >= 11 is 1.40. The summed E-state index contributed by atoms with van der Waals surface area (Å²) in [5.41, 5.74) is 3.44. The molecule has 1 heterocycles. The van der Waals surface area contributed by atoms with Crippen molar-refractivity contribution < 1.29 is 14.3 Å². The highest BCUT2D eigenvalue weighted by Crippen LogP contribution is 2.29. The lowest BCUT2D eigenvalue weighted by atomic mass is 10.1. The molecule has 3 rings (SSSR count). The average molecular weight is 376 g/mol. The topological polar surface area (TPSA) is 72.2 Å². The maximum atomic E-state index is 11.5.